The lowest BCUT2D eigenvalue weighted by Gasteiger charge is -2.34. The second-order valence-corrected chi connectivity index (χ2v) is 10.4. The van der Waals surface area contributed by atoms with Crippen LogP contribution in [-0.4, -0.2) is 67.9 Å². The Kier molecular flexibility index (Phi) is 10.2. The van der Waals surface area contributed by atoms with Crippen LogP contribution in [0.15, 0.2) is 30.3 Å². The van der Waals surface area contributed by atoms with Crippen molar-refractivity contribution < 1.29 is 28.6 Å². The Morgan fingerprint density at radius 2 is 1.95 bits per heavy atom. The van der Waals surface area contributed by atoms with Crippen molar-refractivity contribution >= 4 is 24.0 Å². The number of hydrogen-bond acceptors (Lipinski definition) is 6. The number of alkyl carbamates (subject to hydrolysis) is 1. The van der Waals surface area contributed by atoms with Crippen LogP contribution in [-0.2, 0) is 23.8 Å². The largest absolute Gasteiger partial charge is 0.467 e. The molecule has 0 spiro atoms. The van der Waals surface area contributed by atoms with Crippen molar-refractivity contribution in [2.75, 3.05) is 26.9 Å². The first-order chi connectivity index (χ1) is 17.7. The van der Waals surface area contributed by atoms with Gasteiger partial charge in [-0.05, 0) is 42.7 Å². The fraction of sp³-hybridized carbons (Fsp3) is 0.552. The van der Waals surface area contributed by atoms with Crippen LogP contribution < -0.4 is 5.32 Å². The zero-order valence-corrected chi connectivity index (χ0v) is 22.2. The first-order valence-corrected chi connectivity index (χ1v) is 12.9. The number of esters is 1. The molecule has 0 aromatic heterocycles. The van der Waals surface area contributed by atoms with Crippen LogP contribution in [0, 0.1) is 17.3 Å². The molecule has 0 saturated carbocycles. The minimum atomic E-state index is -0.888. The van der Waals surface area contributed by atoms with Gasteiger partial charge in [0.1, 0.15) is 18.7 Å². The van der Waals surface area contributed by atoms with E-state index in [9.17, 15) is 14.4 Å². The van der Waals surface area contributed by atoms with Crippen molar-refractivity contribution in [1.82, 2.24) is 10.2 Å². The van der Waals surface area contributed by atoms with Crippen LogP contribution in [0.3, 0.4) is 0 Å². The number of ether oxygens (including phenoxy) is 3. The maximum atomic E-state index is 13.6. The number of nitrogens with zero attached hydrogens (tertiary/aromatic N) is 1. The molecule has 2 amide bonds. The predicted octanol–water partition coefficient (Wildman–Crippen LogP) is 3.93. The summed E-state index contributed by atoms with van der Waals surface area (Å²) in [6, 6.07) is 6.23. The summed E-state index contributed by atoms with van der Waals surface area (Å²) in [5.41, 5.74) is 1.34. The molecule has 2 aliphatic heterocycles. The van der Waals surface area contributed by atoms with Gasteiger partial charge in [0.2, 0.25) is 5.91 Å². The van der Waals surface area contributed by atoms with E-state index in [-0.39, 0.29) is 31.8 Å². The van der Waals surface area contributed by atoms with E-state index in [4.69, 9.17) is 14.2 Å². The highest BCUT2D eigenvalue weighted by Crippen LogP contribution is 2.27. The van der Waals surface area contributed by atoms with Gasteiger partial charge in [0.15, 0.2) is 0 Å². The highest BCUT2D eigenvalue weighted by atomic mass is 16.5. The summed E-state index contributed by atoms with van der Waals surface area (Å²) in [4.78, 5) is 40.2. The third-order valence-corrected chi connectivity index (χ3v) is 6.51. The molecule has 2 bridgehead atoms. The van der Waals surface area contributed by atoms with Gasteiger partial charge in [0.05, 0.1) is 19.8 Å². The van der Waals surface area contributed by atoms with Crippen LogP contribution in [0.5, 0.6) is 0 Å². The zero-order chi connectivity index (χ0) is 26.8. The van der Waals surface area contributed by atoms with E-state index in [1.807, 2.05) is 45.0 Å². The van der Waals surface area contributed by atoms with Crippen LogP contribution in [0.1, 0.15) is 64.0 Å². The third kappa shape index (κ3) is 8.09. The van der Waals surface area contributed by atoms with Gasteiger partial charge in [-0.3, -0.25) is 4.79 Å². The van der Waals surface area contributed by atoms with Crippen molar-refractivity contribution in [1.29, 1.82) is 0 Å². The molecule has 0 radical (unpaired) electrons. The predicted molar refractivity (Wildman–Crippen MR) is 140 cm³/mol. The van der Waals surface area contributed by atoms with E-state index in [0.717, 1.165) is 36.8 Å². The van der Waals surface area contributed by atoms with E-state index >= 15 is 0 Å². The molecule has 8 nitrogen and oxygen atoms in total. The molecule has 0 unspecified atom stereocenters. The SMILES string of the molecule is COC(=O)[C@@H]1C[C@@H]2CN1C(=O)[C@H](C(C)(C)C)NC(=O)OCCCCCC=Cc1ccccc1C#CCO2. The molecule has 2 heterocycles. The Bertz CT molecular complexity index is 1050. The monoisotopic (exact) mass is 510 g/mol. The molecule has 200 valence electrons. The van der Waals surface area contributed by atoms with Crippen LogP contribution in [0.2, 0.25) is 0 Å². The molecule has 1 N–H and O–H groups in total. The second-order valence-electron chi connectivity index (χ2n) is 10.4. The third-order valence-electron chi connectivity index (χ3n) is 6.51. The van der Waals surface area contributed by atoms with Gasteiger partial charge in [-0.25, -0.2) is 9.59 Å². The first-order valence-electron chi connectivity index (χ1n) is 12.9. The number of nitrogens with one attached hydrogen (secondary N) is 1. The van der Waals surface area contributed by atoms with Gasteiger partial charge < -0.3 is 24.4 Å². The van der Waals surface area contributed by atoms with E-state index in [1.54, 1.807) is 0 Å². The van der Waals surface area contributed by atoms with Crippen molar-refractivity contribution in [3.8, 4) is 11.8 Å². The minimum absolute atomic E-state index is 0.159. The first kappa shape index (κ1) is 28.3. The molecular formula is C29H38N2O6. The minimum Gasteiger partial charge on any atom is -0.467 e. The summed E-state index contributed by atoms with van der Waals surface area (Å²) in [7, 11) is 1.29. The van der Waals surface area contributed by atoms with Gasteiger partial charge in [0.25, 0.3) is 0 Å². The molecule has 1 saturated heterocycles. The number of benzene rings is 1. The molecule has 1 aromatic carbocycles. The number of carbonyl (C=O) groups excluding carboxylic acids is 3. The Labute approximate surface area is 219 Å². The summed E-state index contributed by atoms with van der Waals surface area (Å²) in [5, 5.41) is 2.73. The van der Waals surface area contributed by atoms with Gasteiger partial charge >= 0.3 is 12.1 Å². The van der Waals surface area contributed by atoms with Crippen molar-refractivity contribution in [3.63, 3.8) is 0 Å². The Hall–Kier alpha value is -3.31. The van der Waals surface area contributed by atoms with E-state index in [2.05, 4.69) is 29.3 Å². The van der Waals surface area contributed by atoms with Crippen LogP contribution in [0.4, 0.5) is 4.79 Å². The van der Waals surface area contributed by atoms with Gasteiger partial charge in [0, 0.05) is 18.5 Å². The van der Waals surface area contributed by atoms with Crippen molar-refractivity contribution in [2.45, 2.75) is 71.1 Å². The molecule has 1 fully saturated rings. The van der Waals surface area contributed by atoms with Crippen LogP contribution >= 0.6 is 0 Å². The quantitative estimate of drug-likeness (QED) is 0.455. The second kappa shape index (κ2) is 13.3. The lowest BCUT2D eigenvalue weighted by atomic mass is 9.85. The fourth-order valence-electron chi connectivity index (χ4n) is 4.46. The summed E-state index contributed by atoms with van der Waals surface area (Å²) in [6.07, 6.45) is 6.99. The lowest BCUT2D eigenvalue weighted by Crippen LogP contribution is -2.57. The summed E-state index contributed by atoms with van der Waals surface area (Å²) in [5.74, 6) is 5.35. The van der Waals surface area contributed by atoms with Crippen LogP contribution in [0.25, 0.3) is 6.08 Å². The summed E-state index contributed by atoms with van der Waals surface area (Å²) < 4.78 is 16.3. The number of amides is 2. The molecule has 3 atom stereocenters. The van der Waals surface area contributed by atoms with Crippen molar-refractivity contribution in [2.24, 2.45) is 5.41 Å². The number of methoxy groups -OCH3 is 1. The number of hydrogen-bond donors (Lipinski definition) is 1. The van der Waals surface area contributed by atoms with E-state index in [0.29, 0.717) is 6.42 Å². The molecule has 8 heteroatoms. The zero-order valence-electron chi connectivity index (χ0n) is 22.2. The molecule has 0 aliphatic carbocycles. The average Bonchev–Trinajstić information content (AvgIpc) is 3.29. The number of rotatable bonds is 1. The molecular weight excluding hydrogens is 472 g/mol. The highest BCUT2D eigenvalue weighted by Gasteiger charge is 2.45. The molecule has 37 heavy (non-hydrogen) atoms. The maximum Gasteiger partial charge on any atom is 0.407 e. The van der Waals surface area contributed by atoms with Crippen molar-refractivity contribution in [3.05, 3.63) is 41.5 Å². The smallest absolute Gasteiger partial charge is 0.407 e. The topological polar surface area (TPSA) is 94.2 Å². The fourth-order valence-corrected chi connectivity index (χ4v) is 4.46. The van der Waals surface area contributed by atoms with Gasteiger partial charge in [-0.2, -0.15) is 0 Å². The number of fused-ring (bicyclic) bond motifs is 3. The summed E-state index contributed by atoms with van der Waals surface area (Å²) in [6.45, 7) is 6.19. The van der Waals surface area contributed by atoms with Gasteiger partial charge in [-0.1, -0.05) is 63.0 Å². The lowest BCUT2D eigenvalue weighted by molar-refractivity contribution is -0.152. The Morgan fingerprint density at radius 3 is 2.70 bits per heavy atom. The normalized spacial score (nSPS) is 24.0. The number of allylic oxidation sites excluding steroid dienone is 1. The van der Waals surface area contributed by atoms with Gasteiger partial charge in [-0.15, -0.1) is 0 Å². The summed E-state index contributed by atoms with van der Waals surface area (Å²) >= 11 is 0. The Morgan fingerprint density at radius 1 is 1.16 bits per heavy atom. The number of cyclic esters (lactones) is 1. The molecule has 3 rings (SSSR count). The standard InChI is InChI=1S/C29H38N2O6/c1-29(2,3)25-26(32)31-20-23(19-24(31)27(33)35-4)36-18-12-16-22-15-10-9-14-21(22)13-8-6-5-7-11-17-37-28(34)30-25/h8-10,13-15,23-25H,5-7,11,17-20H2,1-4H3,(H,30,34)/t23-,24+,25-/m1/s1. The molecule has 2 aliphatic rings. The molecule has 1 aromatic rings. The maximum absolute atomic E-state index is 13.6. The highest BCUT2D eigenvalue weighted by molar-refractivity contribution is 5.91. The van der Waals surface area contributed by atoms with E-state index in [1.165, 1.54) is 12.0 Å². The average molecular weight is 511 g/mol. The number of carbonyl (C=O) groups is 3. The Balaban J connectivity index is 1.84. The van der Waals surface area contributed by atoms with E-state index < -0.39 is 29.6 Å².